The van der Waals surface area contributed by atoms with Crippen molar-refractivity contribution in [2.24, 2.45) is 11.3 Å². The lowest BCUT2D eigenvalue weighted by Gasteiger charge is -2.40. The van der Waals surface area contributed by atoms with Crippen LogP contribution in [0.25, 0.3) is 0 Å². The summed E-state index contributed by atoms with van der Waals surface area (Å²) >= 11 is 0. The Labute approximate surface area is 96.9 Å². The van der Waals surface area contributed by atoms with Crippen molar-refractivity contribution >= 4 is 0 Å². The molecule has 1 rings (SSSR count). The predicted octanol–water partition coefficient (Wildman–Crippen LogP) is 0.279. The first-order chi connectivity index (χ1) is 7.53. The minimum atomic E-state index is -0.766. The monoisotopic (exact) mass is 232 g/mol. The molecule has 96 valence electrons. The molecule has 0 amide bonds. The van der Waals surface area contributed by atoms with Gasteiger partial charge in [-0.3, -0.25) is 0 Å². The zero-order valence-corrected chi connectivity index (χ0v) is 9.97. The Morgan fingerprint density at radius 1 is 1.19 bits per heavy atom. The summed E-state index contributed by atoms with van der Waals surface area (Å²) in [5.41, 5.74) is -0.262. The second-order valence-corrected chi connectivity index (χ2v) is 5.30. The predicted molar refractivity (Wildman–Crippen MR) is 60.9 cm³/mol. The molecule has 0 aromatic heterocycles. The third kappa shape index (κ3) is 3.42. The third-order valence-electron chi connectivity index (χ3n) is 3.96. The highest BCUT2D eigenvalue weighted by Crippen LogP contribution is 2.42. The van der Waals surface area contributed by atoms with Crippen molar-refractivity contribution in [3.05, 3.63) is 0 Å². The topological polar surface area (TPSA) is 80.9 Å². The number of rotatable bonds is 5. The van der Waals surface area contributed by atoms with E-state index in [1.165, 1.54) is 0 Å². The molecule has 1 fully saturated rings. The van der Waals surface area contributed by atoms with Gasteiger partial charge in [0.25, 0.3) is 0 Å². The summed E-state index contributed by atoms with van der Waals surface area (Å²) in [4.78, 5) is 0. The molecule has 4 heteroatoms. The zero-order valence-electron chi connectivity index (χ0n) is 9.97. The van der Waals surface area contributed by atoms with E-state index in [1.807, 2.05) is 0 Å². The molecular weight excluding hydrogens is 208 g/mol. The van der Waals surface area contributed by atoms with E-state index in [0.29, 0.717) is 12.3 Å². The van der Waals surface area contributed by atoms with Crippen LogP contribution >= 0.6 is 0 Å². The molecule has 1 saturated carbocycles. The maximum Gasteiger partial charge on any atom is 0.0802 e. The molecular formula is C12H24O4. The lowest BCUT2D eigenvalue weighted by molar-refractivity contribution is -0.0380. The van der Waals surface area contributed by atoms with E-state index in [4.69, 9.17) is 5.11 Å². The van der Waals surface area contributed by atoms with Gasteiger partial charge in [0.2, 0.25) is 0 Å². The normalized spacial score (nSPS) is 34.7. The van der Waals surface area contributed by atoms with E-state index < -0.39 is 12.2 Å². The first kappa shape index (κ1) is 13.9. The summed E-state index contributed by atoms with van der Waals surface area (Å²) in [6, 6.07) is 0. The van der Waals surface area contributed by atoms with E-state index in [-0.39, 0.29) is 18.6 Å². The maximum atomic E-state index is 9.69. The fourth-order valence-corrected chi connectivity index (χ4v) is 2.51. The van der Waals surface area contributed by atoms with Crippen molar-refractivity contribution < 1.29 is 20.4 Å². The standard InChI is InChI=1S/C12H24O4/c1-9(15)11(16)6-12(8-14)4-2-10(7-13)3-5-12/h9-11,13-16H,2-8H2,1H3. The van der Waals surface area contributed by atoms with Crippen LogP contribution in [0.2, 0.25) is 0 Å². The van der Waals surface area contributed by atoms with Crippen molar-refractivity contribution in [2.75, 3.05) is 13.2 Å². The molecule has 0 heterocycles. The molecule has 4 nitrogen and oxygen atoms in total. The number of hydrogen-bond acceptors (Lipinski definition) is 4. The van der Waals surface area contributed by atoms with Crippen LogP contribution in [-0.2, 0) is 0 Å². The zero-order chi connectivity index (χ0) is 12.2. The van der Waals surface area contributed by atoms with Gasteiger partial charge in [-0.05, 0) is 50.4 Å². The molecule has 2 unspecified atom stereocenters. The van der Waals surface area contributed by atoms with Crippen molar-refractivity contribution in [1.82, 2.24) is 0 Å². The molecule has 0 saturated heterocycles. The smallest absolute Gasteiger partial charge is 0.0802 e. The van der Waals surface area contributed by atoms with Gasteiger partial charge in [-0.15, -0.1) is 0 Å². The van der Waals surface area contributed by atoms with E-state index >= 15 is 0 Å². The van der Waals surface area contributed by atoms with Crippen LogP contribution in [0.4, 0.5) is 0 Å². The third-order valence-corrected chi connectivity index (χ3v) is 3.96. The van der Waals surface area contributed by atoms with Crippen molar-refractivity contribution in [1.29, 1.82) is 0 Å². The van der Waals surface area contributed by atoms with Gasteiger partial charge >= 0.3 is 0 Å². The van der Waals surface area contributed by atoms with Gasteiger partial charge in [-0.25, -0.2) is 0 Å². The summed E-state index contributed by atoms with van der Waals surface area (Å²) < 4.78 is 0. The Bertz CT molecular complexity index is 197. The summed E-state index contributed by atoms with van der Waals surface area (Å²) in [6.07, 6.45) is 2.35. The summed E-state index contributed by atoms with van der Waals surface area (Å²) in [7, 11) is 0. The molecule has 0 bridgehead atoms. The van der Waals surface area contributed by atoms with Gasteiger partial charge in [0.15, 0.2) is 0 Å². The molecule has 0 aromatic carbocycles. The fourth-order valence-electron chi connectivity index (χ4n) is 2.51. The van der Waals surface area contributed by atoms with E-state index in [0.717, 1.165) is 25.7 Å². The molecule has 0 aromatic rings. The van der Waals surface area contributed by atoms with Crippen LogP contribution in [0.3, 0.4) is 0 Å². The largest absolute Gasteiger partial charge is 0.396 e. The molecule has 16 heavy (non-hydrogen) atoms. The highest BCUT2D eigenvalue weighted by atomic mass is 16.3. The second kappa shape index (κ2) is 5.96. The quantitative estimate of drug-likeness (QED) is 0.549. The Morgan fingerprint density at radius 2 is 1.75 bits per heavy atom. The molecule has 1 aliphatic carbocycles. The van der Waals surface area contributed by atoms with Gasteiger partial charge < -0.3 is 20.4 Å². The van der Waals surface area contributed by atoms with Crippen LogP contribution in [0.15, 0.2) is 0 Å². The maximum absolute atomic E-state index is 9.69. The Kier molecular flexibility index (Phi) is 5.18. The van der Waals surface area contributed by atoms with Crippen LogP contribution < -0.4 is 0 Å². The van der Waals surface area contributed by atoms with Crippen LogP contribution in [0.1, 0.15) is 39.0 Å². The highest BCUT2D eigenvalue weighted by molar-refractivity contribution is 4.88. The summed E-state index contributed by atoms with van der Waals surface area (Å²) in [5, 5.41) is 37.5. The fraction of sp³-hybridized carbons (Fsp3) is 1.00. The lowest BCUT2D eigenvalue weighted by atomic mass is 9.68. The lowest BCUT2D eigenvalue weighted by Crippen LogP contribution is -2.38. The van der Waals surface area contributed by atoms with Gasteiger partial charge in [0, 0.05) is 13.2 Å². The van der Waals surface area contributed by atoms with Crippen LogP contribution in [0, 0.1) is 11.3 Å². The van der Waals surface area contributed by atoms with E-state index in [2.05, 4.69) is 0 Å². The SMILES string of the molecule is CC(O)C(O)CC1(CO)CCC(CO)CC1. The van der Waals surface area contributed by atoms with Gasteiger partial charge in [-0.2, -0.15) is 0 Å². The minimum Gasteiger partial charge on any atom is -0.396 e. The molecule has 0 spiro atoms. The summed E-state index contributed by atoms with van der Waals surface area (Å²) in [5.74, 6) is 0.336. The van der Waals surface area contributed by atoms with E-state index in [1.54, 1.807) is 6.92 Å². The molecule has 0 aliphatic heterocycles. The van der Waals surface area contributed by atoms with Gasteiger partial charge in [0.05, 0.1) is 12.2 Å². The molecule has 1 aliphatic rings. The first-order valence-electron chi connectivity index (χ1n) is 6.11. The van der Waals surface area contributed by atoms with Crippen molar-refractivity contribution in [3.63, 3.8) is 0 Å². The highest BCUT2D eigenvalue weighted by Gasteiger charge is 2.37. The molecule has 4 N–H and O–H groups in total. The average molecular weight is 232 g/mol. The van der Waals surface area contributed by atoms with E-state index in [9.17, 15) is 15.3 Å². The summed E-state index contributed by atoms with van der Waals surface area (Å²) in [6.45, 7) is 1.82. The molecule has 2 atom stereocenters. The van der Waals surface area contributed by atoms with Crippen LogP contribution in [-0.4, -0.2) is 45.8 Å². The first-order valence-corrected chi connectivity index (χ1v) is 6.11. The Balaban J connectivity index is 2.52. The van der Waals surface area contributed by atoms with Gasteiger partial charge in [0.1, 0.15) is 0 Å². The minimum absolute atomic E-state index is 0.0505. The number of hydrogen-bond donors (Lipinski definition) is 4. The number of aliphatic hydroxyl groups is 4. The van der Waals surface area contributed by atoms with Crippen molar-refractivity contribution in [2.45, 2.75) is 51.2 Å². The average Bonchev–Trinajstić information content (AvgIpc) is 2.29. The molecule has 0 radical (unpaired) electrons. The second-order valence-electron chi connectivity index (χ2n) is 5.30. The Morgan fingerprint density at radius 3 is 2.12 bits per heavy atom. The Hall–Kier alpha value is -0.160. The number of aliphatic hydroxyl groups excluding tert-OH is 4. The van der Waals surface area contributed by atoms with Crippen molar-refractivity contribution in [3.8, 4) is 0 Å². The van der Waals surface area contributed by atoms with Gasteiger partial charge in [-0.1, -0.05) is 0 Å². The van der Waals surface area contributed by atoms with Crippen LogP contribution in [0.5, 0.6) is 0 Å².